The minimum atomic E-state index is 1.36. The second-order valence-electron chi connectivity index (χ2n) is 5.96. The van der Waals surface area contributed by atoms with Crippen LogP contribution in [0.2, 0.25) is 0 Å². The van der Waals surface area contributed by atoms with Gasteiger partial charge in [0.25, 0.3) is 0 Å². The Labute approximate surface area is 136 Å². The molecule has 2 heteroatoms. The van der Waals surface area contributed by atoms with E-state index in [4.69, 9.17) is 0 Å². The van der Waals surface area contributed by atoms with Gasteiger partial charge in [0.1, 0.15) is 0 Å². The average molecular weight is 318 g/mol. The third kappa shape index (κ3) is 1.57. The number of benzene rings is 3. The van der Waals surface area contributed by atoms with Gasteiger partial charge in [0.15, 0.2) is 0 Å². The summed E-state index contributed by atoms with van der Waals surface area (Å²) in [7, 11) is 0. The number of aryl methyl sites for hydroxylation is 2. The van der Waals surface area contributed by atoms with Crippen LogP contribution in [0.5, 0.6) is 0 Å². The van der Waals surface area contributed by atoms with Crippen molar-refractivity contribution in [2.24, 2.45) is 0 Å². The Morgan fingerprint density at radius 1 is 0.682 bits per heavy atom. The van der Waals surface area contributed by atoms with Crippen LogP contribution in [-0.4, -0.2) is 0 Å². The van der Waals surface area contributed by atoms with E-state index in [9.17, 15) is 0 Å². The maximum Gasteiger partial charge on any atom is 0.0424 e. The van der Waals surface area contributed by atoms with Crippen molar-refractivity contribution in [2.45, 2.75) is 13.8 Å². The third-order valence-corrected chi connectivity index (χ3v) is 6.78. The molecular weight excluding hydrogens is 304 g/mol. The van der Waals surface area contributed by atoms with Crippen LogP contribution in [0, 0.1) is 13.8 Å². The highest BCUT2D eigenvalue weighted by atomic mass is 32.1. The highest BCUT2D eigenvalue weighted by molar-refractivity contribution is 7.20. The summed E-state index contributed by atoms with van der Waals surface area (Å²) < 4.78 is 2.83. The highest BCUT2D eigenvalue weighted by Crippen LogP contribution is 2.39. The molecule has 2 aromatic heterocycles. The van der Waals surface area contributed by atoms with Gasteiger partial charge in [-0.05, 0) is 52.4 Å². The minimum absolute atomic E-state index is 1.36. The number of hydrogen-bond acceptors (Lipinski definition) is 2. The number of rotatable bonds is 0. The molecule has 5 rings (SSSR count). The zero-order valence-electron chi connectivity index (χ0n) is 12.4. The van der Waals surface area contributed by atoms with E-state index in [2.05, 4.69) is 61.7 Å². The molecule has 0 nitrogen and oxygen atoms in total. The predicted molar refractivity (Wildman–Crippen MR) is 102 cm³/mol. The quantitative estimate of drug-likeness (QED) is 0.269. The molecule has 2 heterocycles. The van der Waals surface area contributed by atoms with Gasteiger partial charge in [0, 0.05) is 25.0 Å². The summed E-state index contributed by atoms with van der Waals surface area (Å²) in [6.07, 6.45) is 0. The summed E-state index contributed by atoms with van der Waals surface area (Å²) in [6, 6.07) is 16.0. The molecule has 0 aliphatic rings. The topological polar surface area (TPSA) is 0 Å². The fourth-order valence-electron chi connectivity index (χ4n) is 3.47. The van der Waals surface area contributed by atoms with Gasteiger partial charge < -0.3 is 0 Å². The second kappa shape index (κ2) is 4.31. The number of fused-ring (bicyclic) bond motifs is 7. The van der Waals surface area contributed by atoms with Gasteiger partial charge in [-0.25, -0.2) is 0 Å². The lowest BCUT2D eigenvalue weighted by atomic mass is 9.99. The molecule has 0 aliphatic carbocycles. The molecule has 0 N–H and O–H groups in total. The van der Waals surface area contributed by atoms with Crippen LogP contribution in [-0.2, 0) is 0 Å². The Bertz CT molecular complexity index is 1160. The van der Waals surface area contributed by atoms with Gasteiger partial charge in [0.05, 0.1) is 0 Å². The summed E-state index contributed by atoms with van der Waals surface area (Å²) in [5.74, 6) is 0. The molecule has 0 saturated heterocycles. The molecule has 3 aromatic carbocycles. The molecule has 5 aromatic rings. The van der Waals surface area contributed by atoms with Crippen LogP contribution in [0.25, 0.3) is 41.7 Å². The normalized spacial score (nSPS) is 12.1. The smallest absolute Gasteiger partial charge is 0.0424 e. The van der Waals surface area contributed by atoms with Crippen molar-refractivity contribution in [3.63, 3.8) is 0 Å². The monoisotopic (exact) mass is 318 g/mol. The van der Waals surface area contributed by atoms with E-state index in [1.807, 2.05) is 22.7 Å². The van der Waals surface area contributed by atoms with Crippen molar-refractivity contribution in [1.82, 2.24) is 0 Å². The van der Waals surface area contributed by atoms with Crippen LogP contribution < -0.4 is 0 Å². The Morgan fingerprint density at radius 2 is 1.32 bits per heavy atom. The molecule has 0 spiro atoms. The summed E-state index contributed by atoms with van der Waals surface area (Å²) in [6.45, 7) is 4.39. The Morgan fingerprint density at radius 3 is 2.14 bits per heavy atom. The van der Waals surface area contributed by atoms with E-state index in [0.717, 1.165) is 0 Å². The van der Waals surface area contributed by atoms with E-state index in [-0.39, 0.29) is 0 Å². The van der Waals surface area contributed by atoms with Crippen molar-refractivity contribution >= 4 is 64.4 Å². The lowest BCUT2D eigenvalue weighted by molar-refractivity contribution is 1.60. The fraction of sp³-hybridized carbons (Fsp3) is 0.100. The molecule has 0 unspecified atom stereocenters. The highest BCUT2D eigenvalue weighted by Gasteiger charge is 2.10. The first-order chi connectivity index (χ1) is 10.7. The van der Waals surface area contributed by atoms with Crippen LogP contribution in [0.4, 0.5) is 0 Å². The molecule has 0 atom stereocenters. The van der Waals surface area contributed by atoms with E-state index in [0.29, 0.717) is 0 Å². The summed E-state index contributed by atoms with van der Waals surface area (Å²) in [4.78, 5) is 1.38. The van der Waals surface area contributed by atoms with E-state index >= 15 is 0 Å². The van der Waals surface area contributed by atoms with Gasteiger partial charge in [-0.3, -0.25) is 0 Å². The van der Waals surface area contributed by atoms with Crippen molar-refractivity contribution in [2.75, 3.05) is 0 Å². The van der Waals surface area contributed by atoms with E-state index < -0.39 is 0 Å². The summed E-state index contributed by atoms with van der Waals surface area (Å²) in [5, 5.41) is 10.5. The van der Waals surface area contributed by atoms with Crippen molar-refractivity contribution in [3.05, 3.63) is 58.3 Å². The van der Waals surface area contributed by atoms with Gasteiger partial charge >= 0.3 is 0 Å². The molecule has 0 saturated carbocycles. The molecule has 22 heavy (non-hydrogen) atoms. The Balaban J connectivity index is 2.03. The number of thiophene rings is 2. The van der Waals surface area contributed by atoms with Crippen molar-refractivity contribution in [1.29, 1.82) is 0 Å². The average Bonchev–Trinajstić information content (AvgIpc) is 3.09. The van der Waals surface area contributed by atoms with Gasteiger partial charge in [-0.15, -0.1) is 22.7 Å². The Kier molecular flexibility index (Phi) is 2.47. The number of hydrogen-bond donors (Lipinski definition) is 0. The fourth-order valence-corrected chi connectivity index (χ4v) is 5.59. The van der Waals surface area contributed by atoms with Crippen LogP contribution in [0.3, 0.4) is 0 Å². The Hall–Kier alpha value is -1.90. The first-order valence-corrected chi connectivity index (χ1v) is 9.14. The van der Waals surface area contributed by atoms with Gasteiger partial charge in [-0.1, -0.05) is 36.4 Å². The molecule has 0 aliphatic heterocycles. The maximum absolute atomic E-state index is 2.31. The molecule has 0 amide bonds. The lowest BCUT2D eigenvalue weighted by Crippen LogP contribution is -1.79. The minimum Gasteiger partial charge on any atom is -0.143 e. The van der Waals surface area contributed by atoms with Crippen LogP contribution in [0.15, 0.2) is 47.8 Å². The molecule has 106 valence electrons. The zero-order valence-corrected chi connectivity index (χ0v) is 14.1. The summed E-state index contributed by atoms with van der Waals surface area (Å²) in [5.41, 5.74) is 1.38. The molecule has 0 bridgehead atoms. The van der Waals surface area contributed by atoms with Crippen LogP contribution >= 0.6 is 22.7 Å². The van der Waals surface area contributed by atoms with Crippen LogP contribution in [0.1, 0.15) is 10.4 Å². The van der Waals surface area contributed by atoms with Gasteiger partial charge in [-0.2, -0.15) is 0 Å². The van der Waals surface area contributed by atoms with Gasteiger partial charge in [0.2, 0.25) is 0 Å². The standard InChI is InChI=1S/C20H14S2/c1-11-10-21-20-14(11)5-6-16-15-4-3-13-9-12(2)22-19(13)17(15)7-8-18(16)20/h3-10H,1-2H3. The lowest BCUT2D eigenvalue weighted by Gasteiger charge is -2.06. The SMILES string of the molecule is Cc1cc2ccc3c4ccc5c(C)csc5c4ccc3c2s1. The first-order valence-electron chi connectivity index (χ1n) is 7.45. The van der Waals surface area contributed by atoms with Crippen molar-refractivity contribution < 1.29 is 0 Å². The zero-order chi connectivity index (χ0) is 14.8. The third-order valence-electron chi connectivity index (χ3n) is 4.53. The van der Waals surface area contributed by atoms with E-state index in [1.54, 1.807) is 0 Å². The molecule has 0 fully saturated rings. The first kappa shape index (κ1) is 12.6. The predicted octanol–water partition coefficient (Wildman–Crippen LogP) is 7.04. The summed E-state index contributed by atoms with van der Waals surface area (Å²) >= 11 is 3.76. The van der Waals surface area contributed by atoms with Crippen molar-refractivity contribution in [3.8, 4) is 0 Å². The molecular formula is C20H14S2. The van der Waals surface area contributed by atoms with E-state index in [1.165, 1.54) is 52.2 Å². The molecule has 0 radical (unpaired) electrons. The maximum atomic E-state index is 2.31. The second-order valence-corrected chi connectivity index (χ2v) is 8.09. The largest absolute Gasteiger partial charge is 0.143 e.